The number of aliphatic imine (C=N–C) groups is 1. The second-order valence-corrected chi connectivity index (χ2v) is 5.34. The summed E-state index contributed by atoms with van der Waals surface area (Å²) >= 11 is 1.95. The van der Waals surface area contributed by atoms with Gasteiger partial charge in [0.1, 0.15) is 0 Å². The Bertz CT molecular complexity index is 233. The third kappa shape index (κ3) is 3.46. The number of hydrogen-bond donors (Lipinski definition) is 0. The molecular formula is C11H20N2S. The van der Waals surface area contributed by atoms with Crippen LogP contribution < -0.4 is 0 Å². The zero-order valence-electron chi connectivity index (χ0n) is 9.42. The van der Waals surface area contributed by atoms with Crippen LogP contribution in [-0.4, -0.2) is 37.5 Å². The molecule has 0 bridgehead atoms. The molecule has 1 aliphatic heterocycles. The van der Waals surface area contributed by atoms with Crippen molar-refractivity contribution in [2.24, 2.45) is 10.9 Å². The Hall–Kier alpha value is -0.280. The van der Waals surface area contributed by atoms with E-state index in [2.05, 4.69) is 37.5 Å². The molecule has 0 aromatic carbocycles. The van der Waals surface area contributed by atoms with Gasteiger partial charge in [0.15, 0.2) is 0 Å². The van der Waals surface area contributed by atoms with Gasteiger partial charge in [0.05, 0.1) is 5.70 Å². The highest BCUT2D eigenvalue weighted by Gasteiger charge is 2.15. The van der Waals surface area contributed by atoms with Crippen LogP contribution >= 0.6 is 11.8 Å². The summed E-state index contributed by atoms with van der Waals surface area (Å²) in [7, 11) is 2.16. The second kappa shape index (κ2) is 5.56. The molecule has 3 heteroatoms. The Balaban J connectivity index is 2.59. The van der Waals surface area contributed by atoms with Crippen molar-refractivity contribution >= 4 is 18.5 Å². The van der Waals surface area contributed by atoms with Crippen molar-refractivity contribution in [3.8, 4) is 0 Å². The van der Waals surface area contributed by atoms with E-state index in [4.69, 9.17) is 0 Å². The third-order valence-electron chi connectivity index (χ3n) is 2.25. The molecule has 0 atom stereocenters. The zero-order valence-corrected chi connectivity index (χ0v) is 10.2. The van der Waals surface area contributed by atoms with E-state index in [1.807, 2.05) is 11.8 Å². The van der Waals surface area contributed by atoms with E-state index in [0.717, 1.165) is 25.4 Å². The van der Waals surface area contributed by atoms with Crippen molar-refractivity contribution in [1.82, 2.24) is 4.90 Å². The molecule has 0 N–H and O–H groups in total. The van der Waals surface area contributed by atoms with Crippen molar-refractivity contribution < 1.29 is 0 Å². The van der Waals surface area contributed by atoms with Crippen LogP contribution in [0, 0.1) is 5.92 Å². The molecule has 1 aliphatic rings. The van der Waals surface area contributed by atoms with Crippen molar-refractivity contribution in [2.75, 3.05) is 25.9 Å². The average Bonchev–Trinajstić information content (AvgIpc) is 2.15. The Morgan fingerprint density at radius 3 is 2.86 bits per heavy atom. The largest absolute Gasteiger partial charge is 0.301 e. The SMILES string of the molecule is C=NC1=C(SCC(C)C)CN(C)CC1. The molecule has 80 valence electrons. The number of nitrogens with zero attached hydrogens (tertiary/aromatic N) is 2. The Kier molecular flexibility index (Phi) is 4.69. The van der Waals surface area contributed by atoms with Gasteiger partial charge in [-0.15, -0.1) is 11.8 Å². The van der Waals surface area contributed by atoms with E-state index in [1.165, 1.54) is 16.4 Å². The number of hydrogen-bond acceptors (Lipinski definition) is 3. The predicted molar refractivity (Wildman–Crippen MR) is 66.0 cm³/mol. The van der Waals surface area contributed by atoms with Gasteiger partial charge in [-0.1, -0.05) is 13.8 Å². The van der Waals surface area contributed by atoms with Gasteiger partial charge in [0.25, 0.3) is 0 Å². The minimum Gasteiger partial charge on any atom is -0.301 e. The topological polar surface area (TPSA) is 15.6 Å². The quantitative estimate of drug-likeness (QED) is 0.666. The van der Waals surface area contributed by atoms with Crippen molar-refractivity contribution in [1.29, 1.82) is 0 Å². The summed E-state index contributed by atoms with van der Waals surface area (Å²) in [6.07, 6.45) is 1.06. The summed E-state index contributed by atoms with van der Waals surface area (Å²) in [5.74, 6) is 1.92. The number of rotatable bonds is 4. The van der Waals surface area contributed by atoms with Crippen molar-refractivity contribution in [3.05, 3.63) is 10.6 Å². The molecule has 0 saturated heterocycles. The van der Waals surface area contributed by atoms with Crippen LogP contribution in [-0.2, 0) is 0 Å². The molecule has 1 heterocycles. The Labute approximate surface area is 91.5 Å². The molecule has 1 rings (SSSR count). The molecule has 0 aliphatic carbocycles. The molecule has 0 spiro atoms. The lowest BCUT2D eigenvalue weighted by Gasteiger charge is -2.25. The molecule has 0 saturated carbocycles. The van der Waals surface area contributed by atoms with Crippen molar-refractivity contribution in [3.63, 3.8) is 0 Å². The van der Waals surface area contributed by atoms with E-state index in [9.17, 15) is 0 Å². The molecule has 0 fully saturated rings. The monoisotopic (exact) mass is 212 g/mol. The van der Waals surface area contributed by atoms with Gasteiger partial charge in [-0.3, -0.25) is 4.99 Å². The highest BCUT2D eigenvalue weighted by atomic mass is 32.2. The highest BCUT2D eigenvalue weighted by molar-refractivity contribution is 8.03. The minimum atomic E-state index is 0.741. The van der Waals surface area contributed by atoms with Crippen LogP contribution in [0.4, 0.5) is 0 Å². The Morgan fingerprint density at radius 1 is 1.57 bits per heavy atom. The summed E-state index contributed by atoms with van der Waals surface area (Å²) in [5, 5.41) is 0. The van der Waals surface area contributed by atoms with Crippen LogP contribution in [0.1, 0.15) is 20.3 Å². The van der Waals surface area contributed by atoms with Gasteiger partial charge < -0.3 is 4.90 Å². The lowest BCUT2D eigenvalue weighted by molar-refractivity contribution is 0.355. The fraction of sp³-hybridized carbons (Fsp3) is 0.727. The maximum Gasteiger partial charge on any atom is 0.0517 e. The molecule has 0 unspecified atom stereocenters. The van der Waals surface area contributed by atoms with Crippen LogP contribution in [0.15, 0.2) is 15.6 Å². The van der Waals surface area contributed by atoms with E-state index in [-0.39, 0.29) is 0 Å². The molecule has 0 radical (unpaired) electrons. The van der Waals surface area contributed by atoms with Gasteiger partial charge in [-0.25, -0.2) is 0 Å². The van der Waals surface area contributed by atoms with E-state index < -0.39 is 0 Å². The molecule has 0 aromatic heterocycles. The molecule has 2 nitrogen and oxygen atoms in total. The highest BCUT2D eigenvalue weighted by Crippen LogP contribution is 2.28. The maximum absolute atomic E-state index is 4.12. The number of likely N-dealkylation sites (N-methyl/N-ethyl adjacent to an activating group) is 1. The first-order chi connectivity index (χ1) is 6.63. The molecular weight excluding hydrogens is 192 g/mol. The molecule has 14 heavy (non-hydrogen) atoms. The number of thioether (sulfide) groups is 1. The summed E-state index contributed by atoms with van der Waals surface area (Å²) in [6, 6.07) is 0. The summed E-state index contributed by atoms with van der Waals surface area (Å²) in [6.45, 7) is 10.3. The first-order valence-corrected chi connectivity index (χ1v) is 6.12. The first-order valence-electron chi connectivity index (χ1n) is 5.13. The molecule has 0 amide bonds. The maximum atomic E-state index is 4.12. The van der Waals surface area contributed by atoms with E-state index in [0.29, 0.717) is 0 Å². The Morgan fingerprint density at radius 2 is 2.29 bits per heavy atom. The van der Waals surface area contributed by atoms with Gasteiger partial charge in [0.2, 0.25) is 0 Å². The van der Waals surface area contributed by atoms with E-state index >= 15 is 0 Å². The summed E-state index contributed by atoms with van der Waals surface area (Å²) < 4.78 is 0. The molecule has 0 aromatic rings. The lowest BCUT2D eigenvalue weighted by atomic mass is 10.2. The summed E-state index contributed by atoms with van der Waals surface area (Å²) in [4.78, 5) is 7.89. The smallest absolute Gasteiger partial charge is 0.0517 e. The minimum absolute atomic E-state index is 0.741. The average molecular weight is 212 g/mol. The normalized spacial score (nSPS) is 19.1. The second-order valence-electron chi connectivity index (χ2n) is 4.22. The van der Waals surface area contributed by atoms with Crippen LogP contribution in [0.3, 0.4) is 0 Å². The van der Waals surface area contributed by atoms with Gasteiger partial charge in [-0.05, 0) is 19.7 Å². The van der Waals surface area contributed by atoms with Crippen LogP contribution in [0.25, 0.3) is 0 Å². The van der Waals surface area contributed by atoms with Gasteiger partial charge >= 0.3 is 0 Å². The van der Waals surface area contributed by atoms with E-state index in [1.54, 1.807) is 0 Å². The summed E-state index contributed by atoms with van der Waals surface area (Å²) in [5.41, 5.74) is 1.22. The van der Waals surface area contributed by atoms with Crippen molar-refractivity contribution in [2.45, 2.75) is 20.3 Å². The van der Waals surface area contributed by atoms with Gasteiger partial charge in [0, 0.05) is 30.2 Å². The standard InChI is InChI=1S/C11H20N2S/c1-9(2)8-14-11-7-13(4)6-5-10(11)12-3/h9H,3,5-8H2,1-2,4H3. The fourth-order valence-electron chi connectivity index (χ4n) is 1.42. The predicted octanol–water partition coefficient (Wildman–Crippen LogP) is 2.62. The van der Waals surface area contributed by atoms with Crippen LogP contribution in [0.5, 0.6) is 0 Å². The zero-order chi connectivity index (χ0) is 10.6. The first kappa shape index (κ1) is 11.8. The third-order valence-corrected chi connectivity index (χ3v) is 3.79. The fourth-order valence-corrected chi connectivity index (χ4v) is 2.59. The van der Waals surface area contributed by atoms with Crippen LogP contribution in [0.2, 0.25) is 0 Å². The van der Waals surface area contributed by atoms with Gasteiger partial charge in [-0.2, -0.15) is 0 Å². The lowest BCUT2D eigenvalue weighted by Crippen LogP contribution is -2.26.